The van der Waals surface area contributed by atoms with Crippen molar-refractivity contribution in [3.8, 4) is 5.88 Å². The molecule has 0 aliphatic carbocycles. The number of aromatic nitrogens is 1. The second-order valence-corrected chi connectivity index (χ2v) is 3.30. The van der Waals surface area contributed by atoms with Crippen molar-refractivity contribution >= 4 is 5.97 Å². The number of rotatable bonds is 5. The highest BCUT2D eigenvalue weighted by Crippen LogP contribution is 2.06. The van der Waals surface area contributed by atoms with Gasteiger partial charge in [-0.15, -0.1) is 0 Å². The van der Waals surface area contributed by atoms with Gasteiger partial charge in [-0.25, -0.2) is 4.98 Å². The second kappa shape index (κ2) is 6.07. The van der Waals surface area contributed by atoms with E-state index in [0.29, 0.717) is 12.4 Å². The molecular weight excluding hydrogens is 208 g/mol. The van der Waals surface area contributed by atoms with Gasteiger partial charge in [0.1, 0.15) is 6.04 Å². The quantitative estimate of drug-likeness (QED) is 0.747. The fourth-order valence-corrected chi connectivity index (χ4v) is 1.19. The Kier molecular flexibility index (Phi) is 4.72. The van der Waals surface area contributed by atoms with Crippen LogP contribution in [-0.4, -0.2) is 31.2 Å². The maximum Gasteiger partial charge on any atom is 0.322 e. The molecule has 0 spiro atoms. The summed E-state index contributed by atoms with van der Waals surface area (Å²) in [4.78, 5) is 15.3. The minimum Gasteiger partial charge on any atom is -0.481 e. The number of nitrogens with one attached hydrogen (secondary N) is 1. The minimum atomic E-state index is -0.349. The number of nitrogens with zero attached hydrogens (tertiary/aromatic N) is 1. The molecule has 1 N–H and O–H groups in total. The Hall–Kier alpha value is -1.62. The summed E-state index contributed by atoms with van der Waals surface area (Å²) in [6, 6.07) is 5.14. The topological polar surface area (TPSA) is 60.5 Å². The van der Waals surface area contributed by atoms with Crippen LogP contribution < -0.4 is 10.1 Å². The van der Waals surface area contributed by atoms with E-state index in [1.165, 1.54) is 7.11 Å². The zero-order valence-corrected chi connectivity index (χ0v) is 9.69. The molecule has 16 heavy (non-hydrogen) atoms. The van der Waals surface area contributed by atoms with Gasteiger partial charge >= 0.3 is 5.97 Å². The van der Waals surface area contributed by atoms with Crippen LogP contribution in [0, 0.1) is 0 Å². The fraction of sp³-hybridized carbons (Fsp3) is 0.455. The van der Waals surface area contributed by atoms with Crippen LogP contribution in [0.25, 0.3) is 0 Å². The van der Waals surface area contributed by atoms with Crippen LogP contribution in [0.2, 0.25) is 0 Å². The van der Waals surface area contributed by atoms with E-state index < -0.39 is 0 Å². The highest BCUT2D eigenvalue weighted by molar-refractivity contribution is 5.75. The lowest BCUT2D eigenvalue weighted by Gasteiger charge is -2.11. The van der Waals surface area contributed by atoms with Crippen molar-refractivity contribution in [1.82, 2.24) is 10.3 Å². The van der Waals surface area contributed by atoms with E-state index in [9.17, 15) is 4.79 Å². The van der Waals surface area contributed by atoms with Crippen molar-refractivity contribution in [3.05, 3.63) is 23.9 Å². The van der Waals surface area contributed by atoms with Crippen LogP contribution in [-0.2, 0) is 16.1 Å². The second-order valence-electron chi connectivity index (χ2n) is 3.30. The molecule has 1 heterocycles. The number of carbonyl (C=O) groups is 1. The molecule has 5 heteroatoms. The van der Waals surface area contributed by atoms with Gasteiger partial charge < -0.3 is 9.47 Å². The van der Waals surface area contributed by atoms with Crippen molar-refractivity contribution in [2.45, 2.75) is 19.5 Å². The van der Waals surface area contributed by atoms with Crippen molar-refractivity contribution in [1.29, 1.82) is 0 Å². The molecule has 0 saturated carbocycles. The average molecular weight is 224 g/mol. The Morgan fingerprint density at radius 3 is 2.88 bits per heavy atom. The van der Waals surface area contributed by atoms with Crippen LogP contribution in [0.5, 0.6) is 5.88 Å². The lowest BCUT2D eigenvalue weighted by Crippen LogP contribution is -2.34. The monoisotopic (exact) mass is 224 g/mol. The lowest BCUT2D eigenvalue weighted by molar-refractivity contribution is -0.142. The Labute approximate surface area is 94.8 Å². The summed E-state index contributed by atoms with van der Waals surface area (Å²) in [5.41, 5.74) is 0.815. The van der Waals surface area contributed by atoms with Crippen LogP contribution in [0.15, 0.2) is 18.2 Å². The number of esters is 1. The molecule has 0 saturated heterocycles. The summed E-state index contributed by atoms with van der Waals surface area (Å²) >= 11 is 0. The van der Waals surface area contributed by atoms with Crippen molar-refractivity contribution in [3.63, 3.8) is 0 Å². The van der Waals surface area contributed by atoms with E-state index in [0.717, 1.165) is 5.69 Å². The first kappa shape index (κ1) is 12.4. The Morgan fingerprint density at radius 1 is 1.50 bits per heavy atom. The van der Waals surface area contributed by atoms with E-state index in [2.05, 4.69) is 15.0 Å². The largest absolute Gasteiger partial charge is 0.481 e. The summed E-state index contributed by atoms with van der Waals surface area (Å²) in [6.45, 7) is 2.24. The average Bonchev–Trinajstić information content (AvgIpc) is 2.35. The van der Waals surface area contributed by atoms with Gasteiger partial charge in [-0.05, 0) is 13.0 Å². The number of ether oxygens (including phenoxy) is 2. The summed E-state index contributed by atoms with van der Waals surface area (Å²) in [5.74, 6) is 0.271. The highest BCUT2D eigenvalue weighted by atomic mass is 16.5. The van der Waals surface area contributed by atoms with E-state index in [4.69, 9.17) is 4.74 Å². The molecule has 0 fully saturated rings. The lowest BCUT2D eigenvalue weighted by atomic mass is 10.3. The van der Waals surface area contributed by atoms with Gasteiger partial charge in [0.15, 0.2) is 0 Å². The number of hydrogen-bond acceptors (Lipinski definition) is 5. The molecule has 1 rings (SSSR count). The molecule has 1 atom stereocenters. The van der Waals surface area contributed by atoms with E-state index in [1.807, 2.05) is 12.1 Å². The molecule has 0 unspecified atom stereocenters. The van der Waals surface area contributed by atoms with Gasteiger partial charge in [0.2, 0.25) is 5.88 Å². The van der Waals surface area contributed by atoms with Crippen molar-refractivity contribution in [2.24, 2.45) is 0 Å². The Morgan fingerprint density at radius 2 is 2.25 bits per heavy atom. The summed E-state index contributed by atoms with van der Waals surface area (Å²) in [5, 5.41) is 3.01. The molecule has 1 aromatic rings. The van der Waals surface area contributed by atoms with Crippen molar-refractivity contribution in [2.75, 3.05) is 14.2 Å². The summed E-state index contributed by atoms with van der Waals surface area (Å²) in [7, 11) is 2.93. The molecule has 88 valence electrons. The van der Waals surface area contributed by atoms with Crippen LogP contribution in [0.1, 0.15) is 12.6 Å². The van der Waals surface area contributed by atoms with Crippen LogP contribution in [0.3, 0.4) is 0 Å². The predicted octanol–water partition coefficient (Wildman–Crippen LogP) is 0.741. The maximum absolute atomic E-state index is 11.1. The number of hydrogen-bond donors (Lipinski definition) is 1. The minimum absolute atomic E-state index is 0.289. The normalized spacial score (nSPS) is 11.9. The standard InChI is InChI=1S/C11H16N2O3/c1-8(11(14)16-3)12-7-9-5-4-6-10(13-9)15-2/h4-6,8,12H,7H2,1-3H3/t8-/m0/s1. The first-order valence-electron chi connectivity index (χ1n) is 4.98. The van der Waals surface area contributed by atoms with Gasteiger partial charge in [0, 0.05) is 12.6 Å². The summed E-state index contributed by atoms with van der Waals surface area (Å²) < 4.78 is 9.60. The number of carbonyl (C=O) groups excluding carboxylic acids is 1. The summed E-state index contributed by atoms with van der Waals surface area (Å²) in [6.07, 6.45) is 0. The van der Waals surface area contributed by atoms with Gasteiger partial charge in [-0.1, -0.05) is 6.07 Å². The zero-order chi connectivity index (χ0) is 12.0. The third kappa shape index (κ3) is 3.51. The molecular formula is C11H16N2O3. The zero-order valence-electron chi connectivity index (χ0n) is 9.69. The van der Waals surface area contributed by atoms with Crippen molar-refractivity contribution < 1.29 is 14.3 Å². The molecule has 0 aliphatic rings. The van der Waals surface area contributed by atoms with E-state index in [1.54, 1.807) is 20.1 Å². The fourth-order valence-electron chi connectivity index (χ4n) is 1.19. The molecule has 0 aliphatic heterocycles. The third-order valence-electron chi connectivity index (χ3n) is 2.13. The number of methoxy groups -OCH3 is 2. The third-order valence-corrected chi connectivity index (χ3v) is 2.13. The van der Waals surface area contributed by atoms with Gasteiger partial charge in [-0.3, -0.25) is 10.1 Å². The molecule has 5 nitrogen and oxygen atoms in total. The van der Waals surface area contributed by atoms with Crippen LogP contribution >= 0.6 is 0 Å². The maximum atomic E-state index is 11.1. The number of pyridine rings is 1. The van der Waals surface area contributed by atoms with Crippen LogP contribution in [0.4, 0.5) is 0 Å². The van der Waals surface area contributed by atoms with E-state index in [-0.39, 0.29) is 12.0 Å². The molecule has 0 bridgehead atoms. The van der Waals surface area contributed by atoms with Gasteiger partial charge in [-0.2, -0.15) is 0 Å². The smallest absolute Gasteiger partial charge is 0.322 e. The Balaban J connectivity index is 2.51. The molecule has 1 aromatic heterocycles. The SMILES string of the molecule is COC(=O)[C@H](C)NCc1cccc(OC)n1. The first-order chi connectivity index (χ1) is 7.67. The molecule has 0 aromatic carbocycles. The predicted molar refractivity (Wildman–Crippen MR) is 59.1 cm³/mol. The van der Waals surface area contributed by atoms with Gasteiger partial charge in [0.05, 0.1) is 19.9 Å². The van der Waals surface area contributed by atoms with Gasteiger partial charge in [0.25, 0.3) is 0 Å². The molecule has 0 radical (unpaired) electrons. The molecule has 0 amide bonds. The Bertz CT molecular complexity index is 355. The highest BCUT2D eigenvalue weighted by Gasteiger charge is 2.11. The first-order valence-corrected chi connectivity index (χ1v) is 4.98. The van der Waals surface area contributed by atoms with E-state index >= 15 is 0 Å².